The molecule has 1 unspecified atom stereocenters. The van der Waals surface area contributed by atoms with Gasteiger partial charge in [-0.05, 0) is 23.8 Å². The molecule has 3 rings (SSSR count). The third-order valence-corrected chi connectivity index (χ3v) is 4.38. The molecule has 0 aliphatic carbocycles. The topological polar surface area (TPSA) is 33.7 Å². The van der Waals surface area contributed by atoms with Crippen LogP contribution in [0.2, 0.25) is 0 Å². The SMILES string of the molecule is COc1ccc(C(c2ccccc2OC)N2CCNCC2)cc1. The minimum Gasteiger partial charge on any atom is -0.497 e. The fourth-order valence-electron chi connectivity index (χ4n) is 3.21. The zero-order valence-corrected chi connectivity index (χ0v) is 13.8. The van der Waals surface area contributed by atoms with Gasteiger partial charge < -0.3 is 14.8 Å². The summed E-state index contributed by atoms with van der Waals surface area (Å²) in [6.07, 6.45) is 0. The fourth-order valence-corrected chi connectivity index (χ4v) is 3.21. The van der Waals surface area contributed by atoms with Gasteiger partial charge in [-0.3, -0.25) is 4.90 Å². The summed E-state index contributed by atoms with van der Waals surface area (Å²) in [5.74, 6) is 1.82. The highest BCUT2D eigenvalue weighted by Gasteiger charge is 2.26. The van der Waals surface area contributed by atoms with Gasteiger partial charge in [0.15, 0.2) is 0 Å². The van der Waals surface area contributed by atoms with Crippen LogP contribution in [0.15, 0.2) is 48.5 Å². The molecule has 1 saturated heterocycles. The standard InChI is InChI=1S/C19H24N2O2/c1-22-16-9-7-15(8-10-16)19(21-13-11-20-12-14-21)17-5-3-4-6-18(17)23-2/h3-10,19-20H,11-14H2,1-2H3. The molecule has 1 aliphatic rings. The van der Waals surface area contributed by atoms with E-state index < -0.39 is 0 Å². The number of benzene rings is 2. The predicted molar refractivity (Wildman–Crippen MR) is 92.3 cm³/mol. The molecule has 0 bridgehead atoms. The van der Waals surface area contributed by atoms with Crippen molar-refractivity contribution >= 4 is 0 Å². The molecule has 4 nitrogen and oxygen atoms in total. The zero-order chi connectivity index (χ0) is 16.1. The van der Waals surface area contributed by atoms with E-state index in [4.69, 9.17) is 9.47 Å². The Bertz CT molecular complexity index is 622. The highest BCUT2D eigenvalue weighted by Crippen LogP contribution is 2.35. The van der Waals surface area contributed by atoms with Crippen molar-refractivity contribution in [2.45, 2.75) is 6.04 Å². The third kappa shape index (κ3) is 3.49. The molecule has 0 amide bonds. The molecule has 0 saturated carbocycles. The Balaban J connectivity index is 2.01. The first-order valence-electron chi connectivity index (χ1n) is 8.05. The second-order valence-corrected chi connectivity index (χ2v) is 5.70. The van der Waals surface area contributed by atoms with Gasteiger partial charge in [0.2, 0.25) is 0 Å². The molecule has 2 aromatic rings. The van der Waals surface area contributed by atoms with Crippen LogP contribution in [0, 0.1) is 0 Å². The largest absolute Gasteiger partial charge is 0.497 e. The first-order valence-corrected chi connectivity index (χ1v) is 8.05. The Hall–Kier alpha value is -2.04. The summed E-state index contributed by atoms with van der Waals surface area (Å²) in [5, 5.41) is 3.43. The number of piperazine rings is 1. The van der Waals surface area contributed by atoms with Crippen molar-refractivity contribution in [1.29, 1.82) is 0 Å². The van der Waals surface area contributed by atoms with Crippen molar-refractivity contribution < 1.29 is 9.47 Å². The second kappa shape index (κ2) is 7.49. The molecule has 1 N–H and O–H groups in total. The number of nitrogens with zero attached hydrogens (tertiary/aromatic N) is 1. The van der Waals surface area contributed by atoms with Crippen molar-refractivity contribution in [3.8, 4) is 11.5 Å². The second-order valence-electron chi connectivity index (χ2n) is 5.70. The third-order valence-electron chi connectivity index (χ3n) is 4.38. The van der Waals surface area contributed by atoms with Gasteiger partial charge in [-0.25, -0.2) is 0 Å². The lowest BCUT2D eigenvalue weighted by Crippen LogP contribution is -2.45. The highest BCUT2D eigenvalue weighted by atomic mass is 16.5. The molecule has 0 spiro atoms. The van der Waals surface area contributed by atoms with E-state index in [-0.39, 0.29) is 6.04 Å². The summed E-state index contributed by atoms with van der Waals surface area (Å²) in [6.45, 7) is 4.08. The van der Waals surface area contributed by atoms with Gasteiger partial charge in [0.25, 0.3) is 0 Å². The Morgan fingerprint density at radius 3 is 2.26 bits per heavy atom. The Morgan fingerprint density at radius 2 is 1.61 bits per heavy atom. The van der Waals surface area contributed by atoms with Gasteiger partial charge in [-0.15, -0.1) is 0 Å². The summed E-state index contributed by atoms with van der Waals surface area (Å²) in [7, 11) is 3.44. The van der Waals surface area contributed by atoms with E-state index >= 15 is 0 Å². The molecular weight excluding hydrogens is 288 g/mol. The monoisotopic (exact) mass is 312 g/mol. The molecule has 2 aromatic carbocycles. The summed E-state index contributed by atoms with van der Waals surface area (Å²) in [6, 6.07) is 16.8. The molecule has 0 radical (unpaired) electrons. The minimum atomic E-state index is 0.194. The van der Waals surface area contributed by atoms with Crippen molar-refractivity contribution in [3.05, 3.63) is 59.7 Å². The lowest BCUT2D eigenvalue weighted by molar-refractivity contribution is 0.195. The van der Waals surface area contributed by atoms with Crippen LogP contribution >= 0.6 is 0 Å². The number of nitrogens with one attached hydrogen (secondary N) is 1. The first-order chi connectivity index (χ1) is 11.3. The van der Waals surface area contributed by atoms with E-state index in [1.165, 1.54) is 11.1 Å². The van der Waals surface area contributed by atoms with Gasteiger partial charge in [-0.1, -0.05) is 30.3 Å². The van der Waals surface area contributed by atoms with Crippen LogP contribution < -0.4 is 14.8 Å². The maximum Gasteiger partial charge on any atom is 0.123 e. The minimum absolute atomic E-state index is 0.194. The highest BCUT2D eigenvalue weighted by molar-refractivity contribution is 5.43. The van der Waals surface area contributed by atoms with E-state index in [9.17, 15) is 0 Å². The Morgan fingerprint density at radius 1 is 0.913 bits per heavy atom. The van der Waals surface area contributed by atoms with Gasteiger partial charge in [-0.2, -0.15) is 0 Å². The summed E-state index contributed by atoms with van der Waals surface area (Å²) in [4.78, 5) is 2.51. The number of ether oxygens (including phenoxy) is 2. The molecule has 23 heavy (non-hydrogen) atoms. The normalized spacial score (nSPS) is 16.8. The van der Waals surface area contributed by atoms with Crippen LogP contribution in [0.1, 0.15) is 17.2 Å². The van der Waals surface area contributed by atoms with Gasteiger partial charge in [0.1, 0.15) is 11.5 Å². The van der Waals surface area contributed by atoms with Crippen LogP contribution in [0.5, 0.6) is 11.5 Å². The fraction of sp³-hybridized carbons (Fsp3) is 0.368. The molecule has 1 aliphatic heterocycles. The van der Waals surface area contributed by atoms with Crippen LogP contribution in [-0.4, -0.2) is 45.3 Å². The lowest BCUT2D eigenvalue weighted by atomic mass is 9.95. The van der Waals surface area contributed by atoms with Gasteiger partial charge >= 0.3 is 0 Å². The van der Waals surface area contributed by atoms with Crippen LogP contribution in [0.4, 0.5) is 0 Å². The molecule has 0 aromatic heterocycles. The smallest absolute Gasteiger partial charge is 0.123 e. The average molecular weight is 312 g/mol. The molecule has 4 heteroatoms. The predicted octanol–water partition coefficient (Wildman–Crippen LogP) is 2.70. The summed E-state index contributed by atoms with van der Waals surface area (Å²) < 4.78 is 10.9. The van der Waals surface area contributed by atoms with Crippen molar-refractivity contribution in [3.63, 3.8) is 0 Å². The van der Waals surface area contributed by atoms with Crippen LogP contribution in [0.3, 0.4) is 0 Å². The number of hydrogen-bond acceptors (Lipinski definition) is 4. The summed E-state index contributed by atoms with van der Waals surface area (Å²) >= 11 is 0. The van der Waals surface area contributed by atoms with Crippen molar-refractivity contribution in [2.75, 3.05) is 40.4 Å². The molecule has 1 atom stereocenters. The number of hydrogen-bond donors (Lipinski definition) is 1. The number of rotatable bonds is 5. The maximum absolute atomic E-state index is 5.62. The molecule has 122 valence electrons. The molecule has 1 heterocycles. The maximum atomic E-state index is 5.62. The molecule has 1 fully saturated rings. The van der Waals surface area contributed by atoms with Gasteiger partial charge in [0.05, 0.1) is 20.3 Å². The number of para-hydroxylation sites is 1. The Kier molecular flexibility index (Phi) is 5.16. The van der Waals surface area contributed by atoms with E-state index in [0.717, 1.165) is 37.7 Å². The molecular formula is C19H24N2O2. The number of methoxy groups -OCH3 is 2. The average Bonchev–Trinajstić information content (AvgIpc) is 2.64. The quantitative estimate of drug-likeness (QED) is 0.920. The van der Waals surface area contributed by atoms with E-state index in [1.54, 1.807) is 14.2 Å². The first kappa shape index (κ1) is 15.8. The van der Waals surface area contributed by atoms with Crippen molar-refractivity contribution in [2.24, 2.45) is 0 Å². The van der Waals surface area contributed by atoms with Crippen LogP contribution in [0.25, 0.3) is 0 Å². The van der Waals surface area contributed by atoms with E-state index in [0.29, 0.717) is 0 Å². The van der Waals surface area contributed by atoms with Crippen LogP contribution in [-0.2, 0) is 0 Å². The van der Waals surface area contributed by atoms with Crippen molar-refractivity contribution in [1.82, 2.24) is 10.2 Å². The Labute approximate surface area is 138 Å². The zero-order valence-electron chi connectivity index (χ0n) is 13.8. The summed E-state index contributed by atoms with van der Waals surface area (Å²) in [5.41, 5.74) is 2.47. The lowest BCUT2D eigenvalue weighted by Gasteiger charge is -2.36. The van der Waals surface area contributed by atoms with Gasteiger partial charge in [0, 0.05) is 31.7 Å². The van der Waals surface area contributed by atoms with E-state index in [2.05, 4.69) is 34.5 Å². The van der Waals surface area contributed by atoms with E-state index in [1.807, 2.05) is 24.3 Å².